The molecule has 2 rings (SSSR count). The lowest BCUT2D eigenvalue weighted by atomic mass is 9.97. The minimum atomic E-state index is -0.779. The highest BCUT2D eigenvalue weighted by Gasteiger charge is 2.26. The molecule has 0 unspecified atom stereocenters. The number of carbonyl (C=O) groups excluding carboxylic acids is 1. The molecule has 0 bridgehead atoms. The molecule has 0 spiro atoms. The van der Waals surface area contributed by atoms with E-state index in [2.05, 4.69) is 0 Å². The van der Waals surface area contributed by atoms with Crippen molar-refractivity contribution in [1.29, 1.82) is 0 Å². The van der Waals surface area contributed by atoms with Crippen LogP contribution in [0.4, 0.5) is 4.39 Å². The number of carboxylic acids is 1. The van der Waals surface area contributed by atoms with Crippen molar-refractivity contribution < 1.29 is 19.1 Å². The molecule has 1 aromatic rings. The molecule has 1 aliphatic rings. The van der Waals surface area contributed by atoms with Gasteiger partial charge < -0.3 is 10.0 Å². The Kier molecular flexibility index (Phi) is 5.09. The van der Waals surface area contributed by atoms with Gasteiger partial charge in [0.05, 0.1) is 5.92 Å². The molecule has 1 amide bonds. The van der Waals surface area contributed by atoms with Gasteiger partial charge in [-0.3, -0.25) is 9.59 Å². The van der Waals surface area contributed by atoms with Crippen LogP contribution in [0, 0.1) is 11.7 Å². The van der Waals surface area contributed by atoms with Crippen LogP contribution in [0.3, 0.4) is 0 Å². The van der Waals surface area contributed by atoms with Gasteiger partial charge in [-0.25, -0.2) is 4.39 Å². The third kappa shape index (κ3) is 4.41. The summed E-state index contributed by atoms with van der Waals surface area (Å²) in [6.07, 6.45) is 4.83. The normalized spacial score (nSPS) is 16.3. The van der Waals surface area contributed by atoms with Gasteiger partial charge in [0, 0.05) is 19.5 Å². The predicted molar refractivity (Wildman–Crippen MR) is 77.0 cm³/mol. The summed E-state index contributed by atoms with van der Waals surface area (Å²) in [5.41, 5.74) is 0.841. The van der Waals surface area contributed by atoms with Crippen LogP contribution >= 0.6 is 0 Å². The maximum absolute atomic E-state index is 12.7. The predicted octanol–water partition coefficient (Wildman–Crippen LogP) is 2.55. The molecular formula is C16H18FNO3. The van der Waals surface area contributed by atoms with E-state index in [0.717, 1.165) is 5.56 Å². The highest BCUT2D eigenvalue weighted by Crippen LogP contribution is 2.18. The summed E-state index contributed by atoms with van der Waals surface area (Å²) in [4.78, 5) is 24.5. The second kappa shape index (κ2) is 7.02. The topological polar surface area (TPSA) is 57.6 Å². The molecule has 1 N–H and O–H groups in total. The molecular weight excluding hydrogens is 273 g/mol. The van der Waals surface area contributed by atoms with Crippen molar-refractivity contribution in [3.8, 4) is 0 Å². The summed E-state index contributed by atoms with van der Waals surface area (Å²) in [6.45, 7) is 1.00. The van der Waals surface area contributed by atoms with Crippen molar-refractivity contribution >= 4 is 18.0 Å². The Morgan fingerprint density at radius 2 is 1.86 bits per heavy atom. The van der Waals surface area contributed by atoms with Crippen LogP contribution in [0.25, 0.3) is 6.08 Å². The van der Waals surface area contributed by atoms with Gasteiger partial charge in [-0.05, 0) is 30.5 Å². The summed E-state index contributed by atoms with van der Waals surface area (Å²) in [7, 11) is 0. The molecule has 0 radical (unpaired) electrons. The van der Waals surface area contributed by atoms with Crippen molar-refractivity contribution in [2.24, 2.45) is 5.92 Å². The molecule has 0 atom stereocenters. The molecule has 21 heavy (non-hydrogen) atoms. The van der Waals surface area contributed by atoms with Crippen LogP contribution in [0.5, 0.6) is 0 Å². The van der Waals surface area contributed by atoms with Crippen LogP contribution < -0.4 is 0 Å². The number of piperidine rings is 1. The fraction of sp³-hybridized carbons (Fsp3) is 0.375. The Morgan fingerprint density at radius 3 is 2.43 bits per heavy atom. The molecule has 0 aromatic heterocycles. The lowest BCUT2D eigenvalue weighted by Gasteiger charge is -2.29. The number of benzene rings is 1. The maximum atomic E-state index is 12.7. The molecule has 1 fully saturated rings. The van der Waals surface area contributed by atoms with E-state index in [1.54, 1.807) is 29.2 Å². The van der Waals surface area contributed by atoms with Crippen LogP contribution in [0.2, 0.25) is 0 Å². The minimum Gasteiger partial charge on any atom is -0.481 e. The Hall–Kier alpha value is -2.17. The molecule has 1 saturated heterocycles. The summed E-state index contributed by atoms with van der Waals surface area (Å²) >= 11 is 0. The second-order valence-corrected chi connectivity index (χ2v) is 5.15. The van der Waals surface area contributed by atoms with Gasteiger partial charge in [0.25, 0.3) is 0 Å². The van der Waals surface area contributed by atoms with Gasteiger partial charge in [-0.15, -0.1) is 0 Å². The first-order valence-corrected chi connectivity index (χ1v) is 6.99. The zero-order valence-corrected chi connectivity index (χ0v) is 11.7. The Morgan fingerprint density at radius 1 is 1.24 bits per heavy atom. The largest absolute Gasteiger partial charge is 0.481 e. The number of hydrogen-bond donors (Lipinski definition) is 1. The van der Waals surface area contributed by atoms with E-state index in [1.165, 1.54) is 12.1 Å². The maximum Gasteiger partial charge on any atom is 0.306 e. The molecule has 1 aliphatic heterocycles. The Bertz CT molecular complexity index is 531. The van der Waals surface area contributed by atoms with Crippen LogP contribution in [-0.4, -0.2) is 35.0 Å². The highest BCUT2D eigenvalue weighted by molar-refractivity contribution is 5.79. The minimum absolute atomic E-state index is 0.00259. The first-order chi connectivity index (χ1) is 10.1. The average Bonchev–Trinajstić information content (AvgIpc) is 2.49. The standard InChI is InChI=1S/C16H18FNO3/c17-14-6-4-12(5-7-14)2-1-3-15(19)18-10-8-13(9-11-18)16(20)21/h1-2,4-7,13H,3,8-11H2,(H,20,21)/b2-1+. The van der Waals surface area contributed by atoms with Gasteiger partial charge >= 0.3 is 5.97 Å². The van der Waals surface area contributed by atoms with E-state index < -0.39 is 5.97 Å². The fourth-order valence-corrected chi connectivity index (χ4v) is 2.37. The quantitative estimate of drug-likeness (QED) is 0.927. The van der Waals surface area contributed by atoms with Crippen molar-refractivity contribution in [2.75, 3.05) is 13.1 Å². The fourth-order valence-electron chi connectivity index (χ4n) is 2.37. The lowest BCUT2D eigenvalue weighted by Crippen LogP contribution is -2.39. The van der Waals surface area contributed by atoms with Gasteiger partial charge in [-0.1, -0.05) is 24.3 Å². The highest BCUT2D eigenvalue weighted by atomic mass is 19.1. The van der Waals surface area contributed by atoms with Gasteiger partial charge in [-0.2, -0.15) is 0 Å². The molecule has 1 heterocycles. The van der Waals surface area contributed by atoms with Crippen molar-refractivity contribution in [2.45, 2.75) is 19.3 Å². The molecule has 112 valence electrons. The zero-order valence-electron chi connectivity index (χ0n) is 11.7. The third-order valence-electron chi connectivity index (χ3n) is 3.67. The summed E-state index contributed by atoms with van der Waals surface area (Å²) in [5, 5.41) is 8.91. The number of aliphatic carboxylic acids is 1. The van der Waals surface area contributed by atoms with Crippen LogP contribution in [0.1, 0.15) is 24.8 Å². The van der Waals surface area contributed by atoms with Gasteiger partial charge in [0.2, 0.25) is 5.91 Å². The first-order valence-electron chi connectivity index (χ1n) is 6.99. The van der Waals surface area contributed by atoms with E-state index in [-0.39, 0.29) is 24.1 Å². The van der Waals surface area contributed by atoms with E-state index in [1.807, 2.05) is 0 Å². The molecule has 1 aromatic carbocycles. The van der Waals surface area contributed by atoms with E-state index in [4.69, 9.17) is 5.11 Å². The summed E-state index contributed by atoms with van der Waals surface area (Å²) in [5.74, 6) is -1.40. The number of rotatable bonds is 4. The number of carbonyl (C=O) groups is 2. The second-order valence-electron chi connectivity index (χ2n) is 5.15. The smallest absolute Gasteiger partial charge is 0.306 e. The van der Waals surface area contributed by atoms with Crippen molar-refractivity contribution in [3.05, 3.63) is 41.7 Å². The average molecular weight is 291 g/mol. The molecule has 4 nitrogen and oxygen atoms in total. The Balaban J connectivity index is 1.80. The van der Waals surface area contributed by atoms with Gasteiger partial charge in [0.15, 0.2) is 0 Å². The third-order valence-corrected chi connectivity index (χ3v) is 3.67. The Labute approximate surface area is 122 Å². The van der Waals surface area contributed by atoms with E-state index in [0.29, 0.717) is 25.9 Å². The number of likely N-dealkylation sites (tertiary alicyclic amines) is 1. The molecule has 0 saturated carbocycles. The summed E-state index contributed by atoms with van der Waals surface area (Å²) < 4.78 is 12.7. The van der Waals surface area contributed by atoms with Gasteiger partial charge in [0.1, 0.15) is 5.82 Å². The SMILES string of the molecule is O=C(O)C1CCN(C(=O)C/C=C/c2ccc(F)cc2)CC1. The number of nitrogens with zero attached hydrogens (tertiary/aromatic N) is 1. The van der Waals surface area contributed by atoms with Crippen LogP contribution in [-0.2, 0) is 9.59 Å². The zero-order chi connectivity index (χ0) is 15.2. The van der Waals surface area contributed by atoms with Crippen molar-refractivity contribution in [1.82, 2.24) is 4.90 Å². The van der Waals surface area contributed by atoms with E-state index >= 15 is 0 Å². The first kappa shape index (κ1) is 15.2. The van der Waals surface area contributed by atoms with Crippen LogP contribution in [0.15, 0.2) is 30.3 Å². The van der Waals surface area contributed by atoms with Crippen molar-refractivity contribution in [3.63, 3.8) is 0 Å². The number of amides is 1. The molecule has 5 heteroatoms. The number of halogens is 1. The number of hydrogen-bond acceptors (Lipinski definition) is 2. The number of carboxylic acid groups (broad SMARTS) is 1. The molecule has 0 aliphatic carbocycles. The monoisotopic (exact) mass is 291 g/mol. The van der Waals surface area contributed by atoms with E-state index in [9.17, 15) is 14.0 Å². The summed E-state index contributed by atoms with van der Waals surface area (Å²) in [6, 6.07) is 6.04. The lowest BCUT2D eigenvalue weighted by molar-refractivity contribution is -0.145.